The minimum absolute atomic E-state index is 0.00187. The van der Waals surface area contributed by atoms with Gasteiger partial charge in [0.15, 0.2) is 0 Å². The lowest BCUT2D eigenvalue weighted by Crippen LogP contribution is -2.33. The number of anilines is 5. The maximum Gasteiger partial charge on any atom is 0.0540 e. The molecule has 0 saturated carbocycles. The van der Waals surface area contributed by atoms with Gasteiger partial charge in [0.1, 0.15) is 0 Å². The van der Waals surface area contributed by atoms with Crippen molar-refractivity contribution in [2.45, 2.75) is 118 Å². The van der Waals surface area contributed by atoms with Crippen LogP contribution in [0.25, 0.3) is 22.3 Å². The molecule has 292 valence electrons. The van der Waals surface area contributed by atoms with Gasteiger partial charge in [0.25, 0.3) is 0 Å². The van der Waals surface area contributed by atoms with Gasteiger partial charge in [-0.3, -0.25) is 0 Å². The molecule has 9 rings (SSSR count). The quantitative estimate of drug-likeness (QED) is 0.193. The van der Waals surface area contributed by atoms with E-state index >= 15 is 0 Å². The Kier molecular flexibility index (Phi) is 9.38. The molecular formula is C55H62N2. The van der Waals surface area contributed by atoms with Gasteiger partial charge >= 0.3 is 0 Å². The Labute approximate surface area is 343 Å². The molecule has 0 fully saturated rings. The Morgan fingerprint density at radius 3 is 1.96 bits per heavy atom. The number of fused-ring (bicyclic) bond motifs is 3. The van der Waals surface area contributed by atoms with Crippen molar-refractivity contribution in [3.05, 3.63) is 160 Å². The second kappa shape index (κ2) is 13.8. The highest BCUT2D eigenvalue weighted by Gasteiger charge is 2.37. The average molecular weight is 751 g/mol. The van der Waals surface area contributed by atoms with Crippen molar-refractivity contribution in [3.8, 4) is 22.3 Å². The van der Waals surface area contributed by atoms with Crippen LogP contribution in [0.5, 0.6) is 0 Å². The van der Waals surface area contributed by atoms with Gasteiger partial charge < -0.3 is 10.2 Å². The summed E-state index contributed by atoms with van der Waals surface area (Å²) in [5.41, 5.74) is 20.4. The third-order valence-electron chi connectivity index (χ3n) is 13.0. The van der Waals surface area contributed by atoms with Gasteiger partial charge in [0.2, 0.25) is 0 Å². The van der Waals surface area contributed by atoms with Crippen molar-refractivity contribution in [2.24, 2.45) is 5.41 Å². The summed E-state index contributed by atoms with van der Waals surface area (Å²) < 4.78 is 0. The number of hydrogen-bond donors (Lipinski definition) is 1. The molecule has 2 heterocycles. The lowest BCUT2D eigenvalue weighted by Gasteiger charge is -2.42. The molecule has 2 nitrogen and oxygen atoms in total. The molecule has 3 aliphatic rings. The standard InChI is InChI=1S/C55H62N2/c1-35-16-23-46(36(2)28-35)39-14-13-15-44(30-39)57-45-31-40(29-43(33-45)56-42-22-24-48-49(34-42)55(11,12)27-26-54(48,9)10)51(53(6,7)8)38-19-17-37(18-20-38)47-32-41(52(3,4)5)21-25-50(47)57/h13-25,28-34,51,56H,26-27H2,1-12H3. The van der Waals surface area contributed by atoms with E-state index in [1.807, 2.05) is 0 Å². The fourth-order valence-electron chi connectivity index (χ4n) is 9.69. The van der Waals surface area contributed by atoms with Gasteiger partial charge in [-0.25, -0.2) is 0 Å². The molecular weight excluding hydrogens is 689 g/mol. The molecule has 1 unspecified atom stereocenters. The molecule has 0 aromatic heterocycles. The van der Waals surface area contributed by atoms with Crippen molar-refractivity contribution in [1.29, 1.82) is 0 Å². The second-order valence-corrected chi connectivity index (χ2v) is 20.6. The summed E-state index contributed by atoms with van der Waals surface area (Å²) in [5.74, 6) is 0.171. The molecule has 1 atom stereocenters. The fraction of sp³-hybridized carbons (Fsp3) is 0.345. The summed E-state index contributed by atoms with van der Waals surface area (Å²) >= 11 is 0. The molecule has 4 bridgehead atoms. The first kappa shape index (κ1) is 38.8. The Bertz CT molecular complexity index is 2480. The molecule has 57 heavy (non-hydrogen) atoms. The van der Waals surface area contributed by atoms with Gasteiger partial charge in [-0.1, -0.05) is 142 Å². The van der Waals surface area contributed by atoms with Crippen molar-refractivity contribution >= 4 is 28.4 Å². The number of nitrogens with zero attached hydrogens (tertiary/aromatic N) is 1. The van der Waals surface area contributed by atoms with Gasteiger partial charge in [0.05, 0.1) is 5.69 Å². The van der Waals surface area contributed by atoms with Crippen LogP contribution in [-0.4, -0.2) is 0 Å². The minimum atomic E-state index is -0.0349. The maximum atomic E-state index is 3.98. The van der Waals surface area contributed by atoms with E-state index in [9.17, 15) is 0 Å². The highest BCUT2D eigenvalue weighted by Crippen LogP contribution is 2.50. The van der Waals surface area contributed by atoms with E-state index < -0.39 is 0 Å². The van der Waals surface area contributed by atoms with Crippen LogP contribution >= 0.6 is 0 Å². The fourth-order valence-corrected chi connectivity index (χ4v) is 9.69. The normalized spacial score (nSPS) is 17.1. The SMILES string of the molecule is Cc1ccc(-c2cccc(N3c4cc(Nc5ccc6c(c5)C(C)(C)CCC6(C)C)cc(c4)C(C(C)(C)C)c4ccc(cc4)-c4cc(C(C)(C)C)ccc43)c2)c(C)c1. The van der Waals surface area contributed by atoms with E-state index in [2.05, 4.69) is 215 Å². The van der Waals surface area contributed by atoms with Gasteiger partial charge in [-0.2, -0.15) is 0 Å². The van der Waals surface area contributed by atoms with Crippen LogP contribution in [0.3, 0.4) is 0 Å². The van der Waals surface area contributed by atoms with E-state index in [4.69, 9.17) is 0 Å². The summed E-state index contributed by atoms with van der Waals surface area (Å²) in [7, 11) is 0. The van der Waals surface area contributed by atoms with Crippen LogP contribution in [0.15, 0.2) is 121 Å². The van der Waals surface area contributed by atoms with Gasteiger partial charge in [-0.15, -0.1) is 0 Å². The van der Waals surface area contributed by atoms with Crippen LogP contribution < -0.4 is 10.2 Å². The first-order valence-corrected chi connectivity index (χ1v) is 21.1. The largest absolute Gasteiger partial charge is 0.355 e. The molecule has 0 amide bonds. The third-order valence-corrected chi connectivity index (χ3v) is 13.0. The summed E-state index contributed by atoms with van der Waals surface area (Å²) in [6, 6.07) is 46.9. The van der Waals surface area contributed by atoms with Crippen molar-refractivity contribution < 1.29 is 0 Å². The predicted molar refractivity (Wildman–Crippen MR) is 246 cm³/mol. The number of nitrogens with one attached hydrogen (secondary N) is 1. The lowest BCUT2D eigenvalue weighted by atomic mass is 9.63. The molecule has 2 aliphatic heterocycles. The molecule has 6 aromatic rings. The predicted octanol–water partition coefficient (Wildman–Crippen LogP) is 16.0. The van der Waals surface area contributed by atoms with Crippen LogP contribution in [0.4, 0.5) is 28.4 Å². The minimum Gasteiger partial charge on any atom is -0.355 e. The molecule has 1 aliphatic carbocycles. The Hall–Kier alpha value is -5.08. The first-order valence-electron chi connectivity index (χ1n) is 21.1. The average Bonchev–Trinajstić information content (AvgIpc) is 3.15. The van der Waals surface area contributed by atoms with Crippen LogP contribution in [0, 0.1) is 19.3 Å². The van der Waals surface area contributed by atoms with Crippen molar-refractivity contribution in [1.82, 2.24) is 0 Å². The number of hydrogen-bond acceptors (Lipinski definition) is 2. The van der Waals surface area contributed by atoms with Crippen LogP contribution in [-0.2, 0) is 16.2 Å². The maximum absolute atomic E-state index is 3.98. The zero-order chi connectivity index (χ0) is 40.7. The van der Waals surface area contributed by atoms with Crippen molar-refractivity contribution in [3.63, 3.8) is 0 Å². The Morgan fingerprint density at radius 2 is 1.28 bits per heavy atom. The van der Waals surface area contributed by atoms with Crippen LogP contribution in [0.1, 0.15) is 127 Å². The summed E-state index contributed by atoms with van der Waals surface area (Å²) in [4.78, 5) is 2.51. The lowest BCUT2D eigenvalue weighted by molar-refractivity contribution is 0.332. The van der Waals surface area contributed by atoms with Crippen LogP contribution in [0.2, 0.25) is 0 Å². The number of benzene rings is 6. The highest BCUT2D eigenvalue weighted by molar-refractivity contribution is 5.91. The summed E-state index contributed by atoms with van der Waals surface area (Å²) in [6.45, 7) is 28.1. The highest BCUT2D eigenvalue weighted by atomic mass is 15.1. The molecule has 0 saturated heterocycles. The van der Waals surface area contributed by atoms with E-state index in [0.717, 1.165) is 22.7 Å². The van der Waals surface area contributed by atoms with E-state index in [1.54, 1.807) is 0 Å². The smallest absolute Gasteiger partial charge is 0.0540 e. The van der Waals surface area contributed by atoms with E-state index in [1.165, 1.54) is 79.7 Å². The molecule has 0 spiro atoms. The molecule has 6 aromatic carbocycles. The Morgan fingerprint density at radius 1 is 0.561 bits per heavy atom. The van der Waals surface area contributed by atoms with E-state index in [-0.39, 0.29) is 27.6 Å². The number of aryl methyl sites for hydroxylation is 2. The van der Waals surface area contributed by atoms with Gasteiger partial charge in [0, 0.05) is 34.2 Å². The topological polar surface area (TPSA) is 15.3 Å². The Balaban J connectivity index is 1.39. The van der Waals surface area contributed by atoms with Crippen molar-refractivity contribution in [2.75, 3.05) is 10.2 Å². The molecule has 1 N–H and O–H groups in total. The molecule has 0 radical (unpaired) electrons. The second-order valence-electron chi connectivity index (χ2n) is 20.6. The molecule has 2 heteroatoms. The number of rotatable bonds is 4. The van der Waals surface area contributed by atoms with Gasteiger partial charge in [-0.05, 0) is 153 Å². The first-order chi connectivity index (χ1) is 26.8. The summed E-state index contributed by atoms with van der Waals surface area (Å²) in [5, 5.41) is 3.98. The van der Waals surface area contributed by atoms with E-state index in [0.29, 0.717) is 0 Å². The zero-order valence-electron chi connectivity index (χ0n) is 36.5. The summed E-state index contributed by atoms with van der Waals surface area (Å²) in [6.07, 6.45) is 2.40. The zero-order valence-corrected chi connectivity index (χ0v) is 36.5. The third kappa shape index (κ3) is 7.33. The monoisotopic (exact) mass is 750 g/mol.